The van der Waals surface area contributed by atoms with E-state index in [0.717, 1.165) is 5.56 Å². The second-order valence-electron chi connectivity index (χ2n) is 9.22. The van der Waals surface area contributed by atoms with Crippen LogP contribution in [0.25, 0.3) is 11.1 Å². The standard InChI is InChI=1S/C27H26N4O4/c1-16-23(25(33)31(30-16)18-14-12-17(13-15-18)27(2,3)4)28-29-24-20(9-7-10-21(24)26(34)35)19-8-5-6-11-22(19)32/h5-15,29,32H,1-4H3,(H,34,35). The molecule has 3 aromatic carbocycles. The Morgan fingerprint density at radius 3 is 2.26 bits per heavy atom. The van der Waals surface area contributed by atoms with Gasteiger partial charge in [-0.15, -0.1) is 0 Å². The lowest BCUT2D eigenvalue weighted by atomic mass is 9.87. The molecule has 0 unspecified atom stereocenters. The van der Waals surface area contributed by atoms with Crippen molar-refractivity contribution in [1.82, 2.24) is 0 Å². The van der Waals surface area contributed by atoms with Gasteiger partial charge in [-0.2, -0.15) is 15.2 Å². The van der Waals surface area contributed by atoms with Gasteiger partial charge in [-0.25, -0.2) is 4.79 Å². The van der Waals surface area contributed by atoms with Crippen LogP contribution < -0.4 is 10.4 Å². The molecular weight excluding hydrogens is 444 g/mol. The van der Waals surface area contributed by atoms with Gasteiger partial charge < -0.3 is 10.2 Å². The summed E-state index contributed by atoms with van der Waals surface area (Å²) in [5.74, 6) is -1.62. The molecule has 4 rings (SSSR count). The van der Waals surface area contributed by atoms with Crippen molar-refractivity contribution in [2.45, 2.75) is 33.1 Å². The molecule has 35 heavy (non-hydrogen) atoms. The van der Waals surface area contributed by atoms with Crippen LogP contribution in [0.15, 0.2) is 76.9 Å². The smallest absolute Gasteiger partial charge is 0.337 e. The van der Waals surface area contributed by atoms with Gasteiger partial charge >= 0.3 is 11.9 Å². The molecule has 0 aliphatic carbocycles. The van der Waals surface area contributed by atoms with Gasteiger partial charge in [0.1, 0.15) is 5.75 Å². The van der Waals surface area contributed by atoms with Crippen molar-refractivity contribution in [2.24, 2.45) is 10.2 Å². The van der Waals surface area contributed by atoms with Gasteiger partial charge in [0.25, 0.3) is 0 Å². The molecule has 0 saturated heterocycles. The lowest BCUT2D eigenvalue weighted by Gasteiger charge is -2.20. The molecule has 8 heteroatoms. The van der Waals surface area contributed by atoms with E-state index < -0.39 is 11.9 Å². The van der Waals surface area contributed by atoms with Crippen LogP contribution in [0.4, 0.5) is 11.4 Å². The maximum atomic E-state index is 13.1. The van der Waals surface area contributed by atoms with E-state index in [0.29, 0.717) is 22.5 Å². The minimum absolute atomic E-state index is 0.00898. The van der Waals surface area contributed by atoms with Gasteiger partial charge in [-0.3, -0.25) is 10.2 Å². The van der Waals surface area contributed by atoms with Crippen LogP contribution in [-0.2, 0) is 10.2 Å². The number of hydrogen-bond acceptors (Lipinski definition) is 6. The minimum atomic E-state index is -1.17. The van der Waals surface area contributed by atoms with E-state index in [2.05, 4.69) is 36.4 Å². The first-order chi connectivity index (χ1) is 16.6. The first-order valence-corrected chi connectivity index (χ1v) is 11.1. The molecule has 0 fully saturated rings. The Morgan fingerprint density at radius 2 is 1.63 bits per heavy atom. The molecule has 1 aliphatic heterocycles. The van der Waals surface area contributed by atoms with E-state index in [1.807, 2.05) is 24.3 Å². The topological polar surface area (TPSA) is 115 Å². The molecular formula is C27H26N4O4. The second kappa shape index (κ2) is 9.06. The molecule has 0 bridgehead atoms. The number of amides is 1. The lowest BCUT2D eigenvalue weighted by Crippen LogP contribution is -2.28. The summed E-state index contributed by atoms with van der Waals surface area (Å²) in [5.41, 5.74) is 5.89. The summed E-state index contributed by atoms with van der Waals surface area (Å²) in [6, 6.07) is 18.9. The number of carboxylic acid groups (broad SMARTS) is 1. The number of hydrazone groups is 2. The Balaban J connectivity index is 1.68. The SMILES string of the molecule is CC1=NN(c2ccc(C(C)(C)C)cc2)C(=O)C1=NNc1c(C(=O)O)cccc1-c1ccccc1O. The number of rotatable bonds is 5. The molecule has 0 spiro atoms. The summed E-state index contributed by atoms with van der Waals surface area (Å²) in [7, 11) is 0. The van der Waals surface area contributed by atoms with E-state index in [1.54, 1.807) is 37.3 Å². The molecule has 1 amide bonds. The summed E-state index contributed by atoms with van der Waals surface area (Å²) in [5, 5.41) is 29.9. The highest BCUT2D eigenvalue weighted by Crippen LogP contribution is 2.36. The molecule has 3 aromatic rings. The van der Waals surface area contributed by atoms with E-state index in [9.17, 15) is 19.8 Å². The van der Waals surface area contributed by atoms with Crippen LogP contribution in [-0.4, -0.2) is 33.5 Å². The highest BCUT2D eigenvalue weighted by molar-refractivity contribution is 6.71. The number of hydrogen-bond donors (Lipinski definition) is 3. The van der Waals surface area contributed by atoms with E-state index in [-0.39, 0.29) is 28.1 Å². The van der Waals surface area contributed by atoms with Crippen molar-refractivity contribution in [3.63, 3.8) is 0 Å². The molecule has 178 valence electrons. The molecule has 8 nitrogen and oxygen atoms in total. The predicted molar refractivity (Wildman–Crippen MR) is 137 cm³/mol. The van der Waals surface area contributed by atoms with Gasteiger partial charge in [0, 0.05) is 11.1 Å². The average molecular weight is 471 g/mol. The second-order valence-corrected chi connectivity index (χ2v) is 9.22. The third kappa shape index (κ3) is 4.63. The average Bonchev–Trinajstić information content (AvgIpc) is 3.10. The summed E-state index contributed by atoms with van der Waals surface area (Å²) in [4.78, 5) is 25.0. The zero-order valence-electron chi connectivity index (χ0n) is 19.9. The quantitative estimate of drug-likeness (QED) is 0.441. The molecule has 3 N–H and O–H groups in total. The Bertz CT molecular complexity index is 1370. The number of nitrogens with zero attached hydrogens (tertiary/aromatic N) is 3. The summed E-state index contributed by atoms with van der Waals surface area (Å²) in [6.07, 6.45) is 0. The van der Waals surface area contributed by atoms with Crippen LogP contribution in [0.1, 0.15) is 43.6 Å². The largest absolute Gasteiger partial charge is 0.507 e. The Hall–Kier alpha value is -4.46. The molecule has 0 atom stereocenters. The van der Waals surface area contributed by atoms with Crippen LogP contribution in [0, 0.1) is 0 Å². The first-order valence-electron chi connectivity index (χ1n) is 11.1. The maximum Gasteiger partial charge on any atom is 0.337 e. The number of benzene rings is 3. The number of aromatic hydroxyl groups is 1. The number of nitrogens with one attached hydrogen (secondary N) is 1. The van der Waals surface area contributed by atoms with Crippen molar-refractivity contribution in [3.05, 3.63) is 77.9 Å². The first kappa shape index (κ1) is 23.7. The zero-order chi connectivity index (χ0) is 25.3. The van der Waals surface area contributed by atoms with Gasteiger partial charge in [0.15, 0.2) is 5.71 Å². The maximum absolute atomic E-state index is 13.1. The van der Waals surface area contributed by atoms with Crippen molar-refractivity contribution in [1.29, 1.82) is 0 Å². The monoisotopic (exact) mass is 470 g/mol. The van der Waals surface area contributed by atoms with Crippen LogP contribution in [0.3, 0.4) is 0 Å². The van der Waals surface area contributed by atoms with Crippen LogP contribution in [0.5, 0.6) is 5.75 Å². The number of carbonyl (C=O) groups is 2. The van der Waals surface area contributed by atoms with Crippen molar-refractivity contribution < 1.29 is 19.8 Å². The fourth-order valence-electron chi connectivity index (χ4n) is 3.79. The number of aromatic carboxylic acids is 1. The normalized spacial score (nSPS) is 14.9. The third-order valence-corrected chi connectivity index (χ3v) is 5.73. The van der Waals surface area contributed by atoms with Gasteiger partial charge in [-0.1, -0.05) is 63.2 Å². The Kier molecular flexibility index (Phi) is 6.13. The van der Waals surface area contributed by atoms with Crippen LogP contribution in [0.2, 0.25) is 0 Å². The number of para-hydroxylation sites is 2. The Morgan fingerprint density at radius 1 is 0.971 bits per heavy atom. The molecule has 0 radical (unpaired) electrons. The van der Waals surface area contributed by atoms with Crippen molar-refractivity contribution in [2.75, 3.05) is 10.4 Å². The van der Waals surface area contributed by atoms with E-state index in [1.165, 1.54) is 17.1 Å². The number of carbonyl (C=O) groups excluding carboxylic acids is 1. The fraction of sp³-hybridized carbons (Fsp3) is 0.185. The number of anilines is 2. The minimum Gasteiger partial charge on any atom is -0.507 e. The van der Waals surface area contributed by atoms with Gasteiger partial charge in [0.2, 0.25) is 0 Å². The number of phenols is 1. The third-order valence-electron chi connectivity index (χ3n) is 5.73. The predicted octanol–water partition coefficient (Wildman–Crippen LogP) is 5.25. The summed E-state index contributed by atoms with van der Waals surface area (Å²) in [6.45, 7) is 8.00. The van der Waals surface area contributed by atoms with E-state index in [4.69, 9.17) is 0 Å². The van der Waals surface area contributed by atoms with Gasteiger partial charge in [-0.05, 0) is 42.2 Å². The molecule has 1 aliphatic rings. The van der Waals surface area contributed by atoms with Crippen LogP contribution >= 0.6 is 0 Å². The Labute approximate surface area is 203 Å². The van der Waals surface area contributed by atoms with E-state index >= 15 is 0 Å². The summed E-state index contributed by atoms with van der Waals surface area (Å²) < 4.78 is 0. The lowest BCUT2D eigenvalue weighted by molar-refractivity contribution is -0.112. The fourth-order valence-corrected chi connectivity index (χ4v) is 3.79. The number of phenolic OH excluding ortho intramolecular Hbond substituents is 1. The van der Waals surface area contributed by atoms with Crippen molar-refractivity contribution in [3.8, 4) is 16.9 Å². The zero-order valence-corrected chi connectivity index (χ0v) is 19.9. The molecule has 0 saturated carbocycles. The molecule has 0 aromatic heterocycles. The van der Waals surface area contributed by atoms with Gasteiger partial charge in [0.05, 0.1) is 22.6 Å². The molecule has 1 heterocycles. The highest BCUT2D eigenvalue weighted by atomic mass is 16.4. The van der Waals surface area contributed by atoms with Crippen molar-refractivity contribution >= 4 is 34.7 Å². The highest BCUT2D eigenvalue weighted by Gasteiger charge is 2.31. The summed E-state index contributed by atoms with van der Waals surface area (Å²) >= 11 is 0. The number of carboxylic acids is 1.